The molecule has 2 fully saturated rings. The van der Waals surface area contributed by atoms with E-state index in [0.717, 1.165) is 45.6 Å². The Hall–Kier alpha value is -2.44. The van der Waals surface area contributed by atoms with Crippen molar-refractivity contribution in [2.24, 2.45) is 5.92 Å². The van der Waals surface area contributed by atoms with Crippen molar-refractivity contribution in [1.82, 2.24) is 19.7 Å². The number of carbonyl (C=O) groups excluding carboxylic acids is 2. The number of piperidine rings is 1. The molecule has 0 radical (unpaired) electrons. The molecule has 1 aromatic carbocycles. The molecule has 2 amide bonds. The van der Waals surface area contributed by atoms with Gasteiger partial charge in [0.05, 0.1) is 5.92 Å². The third kappa shape index (κ3) is 4.99. The molecule has 1 atom stereocenters. The second-order valence-electron chi connectivity index (χ2n) is 8.05. The van der Waals surface area contributed by atoms with E-state index in [-0.39, 0.29) is 17.7 Å². The standard InChI is InChI=1S/C23H27ClN4O2/c24-21-5-3-19(4-6-21)22(29)28-11-1-2-20(17-28)23(30)27-14-12-26(13-15-27)16-18-7-9-25-10-8-18/h3-10,20H,1-2,11-17H2. The van der Waals surface area contributed by atoms with Crippen LogP contribution in [0.1, 0.15) is 28.8 Å². The predicted octanol–water partition coefficient (Wildman–Crippen LogP) is 2.93. The number of benzene rings is 1. The maximum atomic E-state index is 13.1. The number of piperazine rings is 1. The fraction of sp³-hybridized carbons (Fsp3) is 0.435. The van der Waals surface area contributed by atoms with E-state index in [1.54, 1.807) is 24.3 Å². The number of nitrogens with zero attached hydrogens (tertiary/aromatic N) is 4. The molecule has 1 aromatic heterocycles. The summed E-state index contributed by atoms with van der Waals surface area (Å²) in [6.45, 7) is 5.30. The summed E-state index contributed by atoms with van der Waals surface area (Å²) in [5.41, 5.74) is 1.87. The number of halogens is 1. The summed E-state index contributed by atoms with van der Waals surface area (Å²) in [6.07, 6.45) is 5.34. The maximum absolute atomic E-state index is 13.1. The van der Waals surface area contributed by atoms with E-state index in [2.05, 4.69) is 9.88 Å². The Bertz CT molecular complexity index is 867. The smallest absolute Gasteiger partial charge is 0.253 e. The van der Waals surface area contributed by atoms with E-state index in [0.29, 0.717) is 23.7 Å². The van der Waals surface area contributed by atoms with Crippen molar-refractivity contribution in [3.05, 3.63) is 64.9 Å². The molecule has 2 aliphatic rings. The zero-order chi connectivity index (χ0) is 20.9. The van der Waals surface area contributed by atoms with Crippen LogP contribution in [-0.2, 0) is 11.3 Å². The van der Waals surface area contributed by atoms with Crippen molar-refractivity contribution < 1.29 is 9.59 Å². The number of pyridine rings is 1. The first-order valence-electron chi connectivity index (χ1n) is 10.5. The van der Waals surface area contributed by atoms with Crippen LogP contribution < -0.4 is 0 Å². The molecule has 158 valence electrons. The third-order valence-corrected chi connectivity index (χ3v) is 6.24. The fourth-order valence-corrected chi connectivity index (χ4v) is 4.40. The predicted molar refractivity (Wildman–Crippen MR) is 116 cm³/mol. The van der Waals surface area contributed by atoms with Crippen molar-refractivity contribution in [3.8, 4) is 0 Å². The Kier molecular flexibility index (Phi) is 6.65. The molecule has 2 aromatic rings. The molecule has 3 heterocycles. The van der Waals surface area contributed by atoms with Crippen LogP contribution >= 0.6 is 11.6 Å². The molecule has 4 rings (SSSR count). The van der Waals surface area contributed by atoms with Gasteiger partial charge in [0.25, 0.3) is 5.91 Å². The van der Waals surface area contributed by atoms with Gasteiger partial charge in [-0.15, -0.1) is 0 Å². The Morgan fingerprint density at radius 2 is 1.63 bits per heavy atom. The number of aromatic nitrogens is 1. The summed E-state index contributed by atoms with van der Waals surface area (Å²) in [6, 6.07) is 11.0. The third-order valence-electron chi connectivity index (χ3n) is 5.99. The average molecular weight is 427 g/mol. The Morgan fingerprint density at radius 1 is 0.933 bits per heavy atom. The minimum absolute atomic E-state index is 0.0219. The van der Waals surface area contributed by atoms with E-state index in [1.807, 2.05) is 34.3 Å². The Balaban J connectivity index is 1.30. The van der Waals surface area contributed by atoms with Gasteiger partial charge in [-0.1, -0.05) is 11.6 Å². The topological polar surface area (TPSA) is 56.8 Å². The van der Waals surface area contributed by atoms with Gasteiger partial charge < -0.3 is 9.80 Å². The summed E-state index contributed by atoms with van der Waals surface area (Å²) in [5, 5.41) is 0.612. The van der Waals surface area contributed by atoms with Gasteiger partial charge >= 0.3 is 0 Å². The largest absolute Gasteiger partial charge is 0.340 e. The van der Waals surface area contributed by atoms with E-state index in [4.69, 9.17) is 11.6 Å². The summed E-state index contributed by atoms with van der Waals surface area (Å²) in [5.74, 6) is 0.0558. The van der Waals surface area contributed by atoms with E-state index in [1.165, 1.54) is 5.56 Å². The van der Waals surface area contributed by atoms with Crippen molar-refractivity contribution >= 4 is 23.4 Å². The number of hydrogen-bond donors (Lipinski definition) is 0. The second kappa shape index (κ2) is 9.58. The van der Waals surface area contributed by atoms with E-state index in [9.17, 15) is 9.59 Å². The van der Waals surface area contributed by atoms with Crippen LogP contribution in [0.15, 0.2) is 48.8 Å². The normalized spacial score (nSPS) is 20.2. The first kappa shape index (κ1) is 20.8. The Labute approximate surface area is 182 Å². The van der Waals surface area contributed by atoms with Crippen molar-refractivity contribution in [1.29, 1.82) is 0 Å². The number of rotatable bonds is 4. The SMILES string of the molecule is O=C(c1ccc(Cl)cc1)N1CCCC(C(=O)N2CCN(Cc3ccncc3)CC2)C1. The lowest BCUT2D eigenvalue weighted by Gasteiger charge is -2.39. The van der Waals surface area contributed by atoms with Gasteiger partial charge in [-0.25, -0.2) is 0 Å². The lowest BCUT2D eigenvalue weighted by molar-refractivity contribution is -0.138. The average Bonchev–Trinajstić information content (AvgIpc) is 2.80. The van der Waals surface area contributed by atoms with Crippen LogP contribution in [0, 0.1) is 5.92 Å². The number of hydrogen-bond acceptors (Lipinski definition) is 4. The van der Waals surface area contributed by atoms with Gasteiger partial charge in [0.1, 0.15) is 0 Å². The monoisotopic (exact) mass is 426 g/mol. The van der Waals surface area contributed by atoms with Crippen molar-refractivity contribution in [2.45, 2.75) is 19.4 Å². The van der Waals surface area contributed by atoms with E-state index < -0.39 is 0 Å². The van der Waals surface area contributed by atoms with Crippen molar-refractivity contribution in [2.75, 3.05) is 39.3 Å². The summed E-state index contributed by atoms with van der Waals surface area (Å²) >= 11 is 5.93. The lowest BCUT2D eigenvalue weighted by atomic mass is 9.95. The second-order valence-corrected chi connectivity index (χ2v) is 8.49. The molecule has 0 spiro atoms. The van der Waals surface area contributed by atoms with E-state index >= 15 is 0 Å². The Morgan fingerprint density at radius 3 is 2.33 bits per heavy atom. The van der Waals surface area contributed by atoms with Crippen LogP contribution in [-0.4, -0.2) is 70.8 Å². The number of likely N-dealkylation sites (tertiary alicyclic amines) is 1. The van der Waals surface area contributed by atoms with Crippen molar-refractivity contribution in [3.63, 3.8) is 0 Å². The molecule has 2 saturated heterocycles. The minimum atomic E-state index is -0.109. The highest BCUT2D eigenvalue weighted by atomic mass is 35.5. The first-order chi connectivity index (χ1) is 14.6. The summed E-state index contributed by atoms with van der Waals surface area (Å²) in [4.78, 5) is 36.2. The molecule has 2 aliphatic heterocycles. The van der Waals surface area contributed by atoms with Gasteiger partial charge in [0, 0.05) is 68.8 Å². The summed E-state index contributed by atoms with van der Waals surface area (Å²) in [7, 11) is 0. The number of carbonyl (C=O) groups is 2. The molecule has 1 unspecified atom stereocenters. The van der Waals surface area contributed by atoms with Gasteiger partial charge in [0.2, 0.25) is 5.91 Å². The van der Waals surface area contributed by atoms with Crippen LogP contribution in [0.2, 0.25) is 5.02 Å². The summed E-state index contributed by atoms with van der Waals surface area (Å²) < 4.78 is 0. The molecule has 6 nitrogen and oxygen atoms in total. The van der Waals surface area contributed by atoms with Gasteiger partial charge in [0.15, 0.2) is 0 Å². The van der Waals surface area contributed by atoms with Crippen LogP contribution in [0.3, 0.4) is 0 Å². The van der Waals surface area contributed by atoms with Gasteiger partial charge in [-0.2, -0.15) is 0 Å². The van der Waals surface area contributed by atoms with Gasteiger partial charge in [-0.05, 0) is 54.8 Å². The highest BCUT2D eigenvalue weighted by molar-refractivity contribution is 6.30. The maximum Gasteiger partial charge on any atom is 0.253 e. The van der Waals surface area contributed by atoms with Crippen LogP contribution in [0.5, 0.6) is 0 Å². The molecule has 0 aliphatic carbocycles. The molecule has 7 heteroatoms. The quantitative estimate of drug-likeness (QED) is 0.754. The molecule has 0 bridgehead atoms. The minimum Gasteiger partial charge on any atom is -0.340 e. The zero-order valence-corrected chi connectivity index (χ0v) is 17.8. The fourth-order valence-electron chi connectivity index (χ4n) is 4.27. The molecule has 0 saturated carbocycles. The molecule has 30 heavy (non-hydrogen) atoms. The highest BCUT2D eigenvalue weighted by Crippen LogP contribution is 2.22. The lowest BCUT2D eigenvalue weighted by Crippen LogP contribution is -2.52. The highest BCUT2D eigenvalue weighted by Gasteiger charge is 2.32. The van der Waals surface area contributed by atoms with Gasteiger partial charge in [-0.3, -0.25) is 19.5 Å². The molecule has 0 N–H and O–H groups in total. The van der Waals surface area contributed by atoms with Crippen LogP contribution in [0.4, 0.5) is 0 Å². The number of amides is 2. The first-order valence-corrected chi connectivity index (χ1v) is 10.9. The van der Waals surface area contributed by atoms with Crippen LogP contribution in [0.25, 0.3) is 0 Å². The molecular formula is C23H27ClN4O2. The molecular weight excluding hydrogens is 400 g/mol. The zero-order valence-electron chi connectivity index (χ0n) is 17.0.